The topological polar surface area (TPSA) is 46.6 Å². The summed E-state index contributed by atoms with van der Waals surface area (Å²) in [6.45, 7) is 4.18. The Morgan fingerprint density at radius 3 is 3.00 bits per heavy atom. The first-order valence-electron chi connectivity index (χ1n) is 5.65. The Bertz CT molecular complexity index is 441. The van der Waals surface area contributed by atoms with Crippen LogP contribution in [-0.2, 0) is 20.7 Å². The molecule has 1 aliphatic heterocycles. The van der Waals surface area contributed by atoms with Gasteiger partial charge in [-0.05, 0) is 30.4 Å². The quantitative estimate of drug-likeness (QED) is 0.754. The van der Waals surface area contributed by atoms with Crippen molar-refractivity contribution >= 4 is 23.2 Å². The van der Waals surface area contributed by atoms with Crippen LogP contribution in [0.15, 0.2) is 11.4 Å². The highest BCUT2D eigenvalue weighted by molar-refractivity contribution is 7.10. The molecule has 0 radical (unpaired) electrons. The van der Waals surface area contributed by atoms with Crippen LogP contribution in [0.1, 0.15) is 30.3 Å². The molecule has 2 heterocycles. The molecule has 1 aliphatic rings. The van der Waals surface area contributed by atoms with Crippen molar-refractivity contribution in [2.75, 3.05) is 13.2 Å². The molecule has 1 atom stereocenters. The summed E-state index contributed by atoms with van der Waals surface area (Å²) in [4.78, 5) is 26.1. The lowest BCUT2D eigenvalue weighted by molar-refractivity contribution is -0.155. The number of ether oxygens (including phenoxy) is 1. The molecule has 0 aromatic carbocycles. The molecule has 5 heteroatoms. The summed E-state index contributed by atoms with van der Waals surface area (Å²) >= 11 is 1.51. The van der Waals surface area contributed by atoms with Gasteiger partial charge >= 0.3 is 5.97 Å². The molecule has 1 amide bonds. The third-order valence-electron chi connectivity index (χ3n) is 2.88. The van der Waals surface area contributed by atoms with Gasteiger partial charge in [-0.3, -0.25) is 4.79 Å². The monoisotopic (exact) mass is 253 g/mol. The molecule has 0 aliphatic carbocycles. The molecule has 0 saturated heterocycles. The van der Waals surface area contributed by atoms with Crippen LogP contribution in [0, 0.1) is 0 Å². The molecule has 0 fully saturated rings. The molecule has 1 aromatic heterocycles. The lowest BCUT2D eigenvalue weighted by atomic mass is 10.0. The SMILES string of the molecule is CCOC(=O)C1c2sccc2CCN1C(C)=O. The minimum absolute atomic E-state index is 0.0814. The number of hydrogen-bond acceptors (Lipinski definition) is 4. The molecule has 0 bridgehead atoms. The second-order valence-electron chi connectivity index (χ2n) is 3.93. The number of carbonyl (C=O) groups excluding carboxylic acids is 2. The van der Waals surface area contributed by atoms with Crippen molar-refractivity contribution in [3.8, 4) is 0 Å². The Morgan fingerprint density at radius 2 is 2.35 bits per heavy atom. The van der Waals surface area contributed by atoms with Crippen LogP contribution in [0.5, 0.6) is 0 Å². The third kappa shape index (κ3) is 2.20. The Kier molecular flexibility index (Phi) is 3.47. The number of hydrogen-bond donors (Lipinski definition) is 0. The minimum Gasteiger partial charge on any atom is -0.464 e. The zero-order chi connectivity index (χ0) is 12.4. The van der Waals surface area contributed by atoms with Crippen molar-refractivity contribution < 1.29 is 14.3 Å². The molecular formula is C12H15NO3S. The first kappa shape index (κ1) is 12.1. The fourth-order valence-corrected chi connectivity index (χ4v) is 3.15. The van der Waals surface area contributed by atoms with Crippen LogP contribution in [-0.4, -0.2) is 29.9 Å². The summed E-state index contributed by atoms with van der Waals surface area (Å²) in [6.07, 6.45) is 0.814. The van der Waals surface area contributed by atoms with Crippen LogP contribution in [0.4, 0.5) is 0 Å². The van der Waals surface area contributed by atoms with Crippen LogP contribution < -0.4 is 0 Å². The molecule has 1 aromatic rings. The number of amides is 1. The second kappa shape index (κ2) is 4.87. The van der Waals surface area contributed by atoms with E-state index in [2.05, 4.69) is 0 Å². The third-order valence-corrected chi connectivity index (χ3v) is 3.89. The summed E-state index contributed by atoms with van der Waals surface area (Å²) in [5, 5.41) is 1.96. The maximum atomic E-state index is 12.0. The molecule has 17 heavy (non-hydrogen) atoms. The summed E-state index contributed by atoms with van der Waals surface area (Å²) in [5.74, 6) is -0.409. The first-order chi connectivity index (χ1) is 8.15. The van der Waals surface area contributed by atoms with Gasteiger partial charge in [-0.25, -0.2) is 4.79 Å². The molecular weight excluding hydrogens is 238 g/mol. The van der Waals surface area contributed by atoms with Gasteiger partial charge in [0.2, 0.25) is 5.91 Å². The average Bonchev–Trinajstić information content (AvgIpc) is 2.75. The van der Waals surface area contributed by atoms with Gasteiger partial charge in [0.05, 0.1) is 6.61 Å². The van der Waals surface area contributed by atoms with E-state index in [1.54, 1.807) is 11.8 Å². The van der Waals surface area contributed by atoms with Gasteiger partial charge in [0.1, 0.15) is 0 Å². The van der Waals surface area contributed by atoms with E-state index in [-0.39, 0.29) is 11.9 Å². The highest BCUT2D eigenvalue weighted by atomic mass is 32.1. The average molecular weight is 253 g/mol. The molecule has 4 nitrogen and oxygen atoms in total. The molecule has 0 N–H and O–H groups in total. The second-order valence-corrected chi connectivity index (χ2v) is 4.87. The van der Waals surface area contributed by atoms with Gasteiger partial charge in [0, 0.05) is 18.3 Å². The fraction of sp³-hybridized carbons (Fsp3) is 0.500. The van der Waals surface area contributed by atoms with E-state index in [4.69, 9.17) is 4.74 Å². The van der Waals surface area contributed by atoms with Crippen molar-refractivity contribution in [2.24, 2.45) is 0 Å². The normalized spacial score (nSPS) is 18.7. The minimum atomic E-state index is -0.545. The highest BCUT2D eigenvalue weighted by Crippen LogP contribution is 2.34. The number of rotatable bonds is 2. The summed E-state index contributed by atoms with van der Waals surface area (Å²) in [5.41, 5.74) is 1.16. The predicted octanol–water partition coefficient (Wildman–Crippen LogP) is 1.76. The van der Waals surface area contributed by atoms with E-state index in [1.807, 2.05) is 11.4 Å². The van der Waals surface area contributed by atoms with Crippen molar-refractivity contribution in [2.45, 2.75) is 26.3 Å². The maximum absolute atomic E-state index is 12.0. The van der Waals surface area contributed by atoms with Gasteiger partial charge in [0.25, 0.3) is 0 Å². The Labute approximate surface area is 104 Å². The Hall–Kier alpha value is -1.36. The largest absolute Gasteiger partial charge is 0.464 e. The standard InChI is InChI=1S/C12H15NO3S/c1-3-16-12(15)10-11-9(5-7-17-11)4-6-13(10)8(2)14/h5,7,10H,3-4,6H2,1-2H3. The molecule has 92 valence electrons. The van der Waals surface area contributed by atoms with E-state index >= 15 is 0 Å². The smallest absolute Gasteiger partial charge is 0.334 e. The number of esters is 1. The van der Waals surface area contributed by atoms with Gasteiger partial charge in [-0.1, -0.05) is 0 Å². The predicted molar refractivity (Wildman–Crippen MR) is 64.8 cm³/mol. The van der Waals surface area contributed by atoms with Crippen molar-refractivity contribution in [1.82, 2.24) is 4.90 Å². The molecule has 1 unspecified atom stereocenters. The van der Waals surface area contributed by atoms with Crippen LogP contribution in [0.2, 0.25) is 0 Å². The molecule has 0 spiro atoms. The molecule has 2 rings (SSSR count). The van der Waals surface area contributed by atoms with Crippen LogP contribution >= 0.6 is 11.3 Å². The van der Waals surface area contributed by atoms with Crippen molar-refractivity contribution in [3.63, 3.8) is 0 Å². The number of nitrogens with zero attached hydrogens (tertiary/aromatic N) is 1. The van der Waals surface area contributed by atoms with Gasteiger partial charge < -0.3 is 9.64 Å². The lowest BCUT2D eigenvalue weighted by Gasteiger charge is -2.33. The van der Waals surface area contributed by atoms with E-state index in [0.29, 0.717) is 13.2 Å². The van der Waals surface area contributed by atoms with Crippen molar-refractivity contribution in [1.29, 1.82) is 0 Å². The van der Waals surface area contributed by atoms with Crippen molar-refractivity contribution in [3.05, 3.63) is 21.9 Å². The highest BCUT2D eigenvalue weighted by Gasteiger charge is 2.36. The van der Waals surface area contributed by atoms with E-state index in [9.17, 15) is 9.59 Å². The zero-order valence-corrected chi connectivity index (χ0v) is 10.8. The maximum Gasteiger partial charge on any atom is 0.334 e. The molecule has 0 saturated carbocycles. The van der Waals surface area contributed by atoms with Gasteiger partial charge in [-0.15, -0.1) is 11.3 Å². The van der Waals surface area contributed by atoms with Gasteiger partial charge in [0.15, 0.2) is 6.04 Å². The fourth-order valence-electron chi connectivity index (χ4n) is 2.10. The van der Waals surface area contributed by atoms with Crippen LogP contribution in [0.25, 0.3) is 0 Å². The number of fused-ring (bicyclic) bond motifs is 1. The summed E-state index contributed by atoms with van der Waals surface area (Å²) in [6, 6.07) is 1.47. The van der Waals surface area contributed by atoms with Crippen LogP contribution in [0.3, 0.4) is 0 Å². The number of thiophene rings is 1. The van der Waals surface area contributed by atoms with E-state index in [1.165, 1.54) is 18.3 Å². The number of carbonyl (C=O) groups is 2. The lowest BCUT2D eigenvalue weighted by Crippen LogP contribution is -2.42. The summed E-state index contributed by atoms with van der Waals surface area (Å²) in [7, 11) is 0. The van der Waals surface area contributed by atoms with Gasteiger partial charge in [-0.2, -0.15) is 0 Å². The Morgan fingerprint density at radius 1 is 1.59 bits per heavy atom. The Balaban J connectivity index is 2.35. The zero-order valence-electron chi connectivity index (χ0n) is 9.93. The summed E-state index contributed by atoms with van der Waals surface area (Å²) < 4.78 is 5.06. The first-order valence-corrected chi connectivity index (χ1v) is 6.53. The van der Waals surface area contributed by atoms with E-state index < -0.39 is 6.04 Å². The van der Waals surface area contributed by atoms with E-state index in [0.717, 1.165) is 16.9 Å².